The van der Waals surface area contributed by atoms with Crippen LogP contribution in [-0.4, -0.2) is 23.4 Å². The van der Waals surface area contributed by atoms with Gasteiger partial charge in [0.25, 0.3) is 0 Å². The molecular formula is C29H31ClF2O3. The van der Waals surface area contributed by atoms with Crippen LogP contribution in [0.3, 0.4) is 0 Å². The molecule has 0 aliphatic carbocycles. The Balaban J connectivity index is 1.72. The second-order valence-electron chi connectivity index (χ2n) is 8.99. The predicted octanol–water partition coefficient (Wildman–Crippen LogP) is 7.33. The quantitative estimate of drug-likeness (QED) is 0.288. The van der Waals surface area contributed by atoms with Crippen LogP contribution in [0.2, 0.25) is 0 Å². The van der Waals surface area contributed by atoms with Crippen molar-refractivity contribution in [1.29, 1.82) is 0 Å². The van der Waals surface area contributed by atoms with E-state index in [0.29, 0.717) is 6.42 Å². The number of alkyl halides is 3. The van der Waals surface area contributed by atoms with Crippen LogP contribution in [0, 0.1) is 5.92 Å². The van der Waals surface area contributed by atoms with Gasteiger partial charge in [-0.3, -0.25) is 0 Å². The van der Waals surface area contributed by atoms with E-state index in [1.54, 1.807) is 18.2 Å². The zero-order valence-corrected chi connectivity index (χ0v) is 20.7. The lowest BCUT2D eigenvalue weighted by Gasteiger charge is -2.52. The molecule has 1 saturated heterocycles. The fourth-order valence-electron chi connectivity index (χ4n) is 4.61. The van der Waals surface area contributed by atoms with Crippen molar-refractivity contribution in [3.05, 3.63) is 108 Å². The largest absolute Gasteiger partial charge is 0.370 e. The van der Waals surface area contributed by atoms with Crippen molar-refractivity contribution in [1.82, 2.24) is 0 Å². The van der Waals surface area contributed by atoms with Crippen molar-refractivity contribution >= 4 is 11.6 Å². The zero-order chi connectivity index (χ0) is 24.9. The molecule has 1 aliphatic rings. The molecule has 1 unspecified atom stereocenters. The summed E-state index contributed by atoms with van der Waals surface area (Å²) in [7, 11) is 0. The lowest BCUT2D eigenvalue weighted by Crippen LogP contribution is -2.66. The summed E-state index contributed by atoms with van der Waals surface area (Å²) in [6, 6.07) is 26.6. The SMILES string of the molecule is CC[C@H]1OC(Cl)(C(F)(F)c2ccccc2)[C@H](OCc2ccccc2)[C@@H](OCc2ccccc2)[C@@H]1C. The third-order valence-corrected chi connectivity index (χ3v) is 7.16. The van der Waals surface area contributed by atoms with Gasteiger partial charge in [0, 0.05) is 11.5 Å². The fraction of sp³-hybridized carbons (Fsp3) is 0.379. The first kappa shape index (κ1) is 25.8. The molecule has 4 rings (SSSR count). The van der Waals surface area contributed by atoms with Gasteiger partial charge in [0.2, 0.25) is 5.06 Å². The van der Waals surface area contributed by atoms with E-state index < -0.39 is 29.3 Å². The maximum absolute atomic E-state index is 16.2. The minimum Gasteiger partial charge on any atom is -0.370 e. The summed E-state index contributed by atoms with van der Waals surface area (Å²) in [5.41, 5.74) is 1.56. The van der Waals surface area contributed by atoms with Gasteiger partial charge in [-0.1, -0.05) is 116 Å². The normalized spacial score (nSPS) is 27.0. The Morgan fingerprint density at radius 2 is 1.31 bits per heavy atom. The van der Waals surface area contributed by atoms with E-state index in [2.05, 4.69) is 0 Å². The monoisotopic (exact) mass is 500 g/mol. The van der Waals surface area contributed by atoms with Gasteiger partial charge in [-0.15, -0.1) is 0 Å². The highest BCUT2D eigenvalue weighted by molar-refractivity contribution is 6.24. The second-order valence-corrected chi connectivity index (χ2v) is 9.55. The van der Waals surface area contributed by atoms with Crippen LogP contribution < -0.4 is 0 Å². The van der Waals surface area contributed by atoms with Crippen molar-refractivity contribution in [2.45, 2.75) is 62.8 Å². The summed E-state index contributed by atoms with van der Waals surface area (Å²) in [4.78, 5) is 0. The third-order valence-electron chi connectivity index (χ3n) is 6.62. The van der Waals surface area contributed by atoms with Crippen molar-refractivity contribution < 1.29 is 23.0 Å². The highest BCUT2D eigenvalue weighted by Crippen LogP contribution is 2.53. The van der Waals surface area contributed by atoms with Crippen molar-refractivity contribution in [2.24, 2.45) is 5.92 Å². The highest BCUT2D eigenvalue weighted by Gasteiger charge is 2.66. The zero-order valence-electron chi connectivity index (χ0n) is 19.9. The second kappa shape index (κ2) is 11.2. The van der Waals surface area contributed by atoms with E-state index in [1.807, 2.05) is 74.5 Å². The molecule has 0 spiro atoms. The first-order valence-electron chi connectivity index (χ1n) is 12.0. The Kier molecular flexibility index (Phi) is 8.23. The minimum atomic E-state index is -3.54. The van der Waals surface area contributed by atoms with E-state index in [4.69, 9.17) is 25.8 Å². The average molecular weight is 501 g/mol. The summed E-state index contributed by atoms with van der Waals surface area (Å²) < 4.78 is 50.9. The number of ether oxygens (including phenoxy) is 3. The number of hydrogen-bond acceptors (Lipinski definition) is 3. The van der Waals surface area contributed by atoms with Gasteiger partial charge in [0.1, 0.15) is 6.10 Å². The maximum atomic E-state index is 16.2. The van der Waals surface area contributed by atoms with Crippen LogP contribution in [-0.2, 0) is 33.3 Å². The van der Waals surface area contributed by atoms with E-state index in [-0.39, 0.29) is 24.7 Å². The third kappa shape index (κ3) is 5.44. The molecule has 0 radical (unpaired) electrons. The Hall–Kier alpha value is -2.31. The summed E-state index contributed by atoms with van der Waals surface area (Å²) >= 11 is 6.87. The van der Waals surface area contributed by atoms with Crippen LogP contribution in [0.1, 0.15) is 37.0 Å². The minimum absolute atomic E-state index is 0.100. The molecule has 0 N–H and O–H groups in total. The average Bonchev–Trinajstić information content (AvgIpc) is 2.89. The predicted molar refractivity (Wildman–Crippen MR) is 133 cm³/mol. The molecule has 3 aromatic carbocycles. The molecule has 3 nitrogen and oxygen atoms in total. The summed E-state index contributed by atoms with van der Waals surface area (Å²) in [6.07, 6.45) is -1.97. The highest BCUT2D eigenvalue weighted by atomic mass is 35.5. The van der Waals surface area contributed by atoms with Gasteiger partial charge in [0.15, 0.2) is 0 Å². The number of rotatable bonds is 9. The summed E-state index contributed by atoms with van der Waals surface area (Å²) in [5.74, 6) is -3.76. The molecule has 6 heteroatoms. The lowest BCUT2D eigenvalue weighted by molar-refractivity contribution is -0.307. The molecule has 5 atom stereocenters. The number of halogens is 3. The van der Waals surface area contributed by atoms with Crippen molar-refractivity contribution in [3.63, 3.8) is 0 Å². The molecule has 1 fully saturated rings. The van der Waals surface area contributed by atoms with E-state index in [0.717, 1.165) is 11.1 Å². The molecule has 1 heterocycles. The van der Waals surface area contributed by atoms with E-state index in [9.17, 15) is 0 Å². The molecule has 1 aliphatic heterocycles. The van der Waals surface area contributed by atoms with E-state index in [1.165, 1.54) is 12.1 Å². The Labute approximate surface area is 211 Å². The molecule has 186 valence electrons. The van der Waals surface area contributed by atoms with Gasteiger partial charge < -0.3 is 14.2 Å². The van der Waals surface area contributed by atoms with Crippen LogP contribution in [0.5, 0.6) is 0 Å². The summed E-state index contributed by atoms with van der Waals surface area (Å²) in [6.45, 7) is 4.20. The topological polar surface area (TPSA) is 27.7 Å². The Morgan fingerprint density at radius 3 is 1.83 bits per heavy atom. The maximum Gasteiger partial charge on any atom is 0.318 e. The van der Waals surface area contributed by atoms with Gasteiger partial charge in [-0.25, -0.2) is 0 Å². The van der Waals surface area contributed by atoms with Crippen LogP contribution in [0.25, 0.3) is 0 Å². The molecular weight excluding hydrogens is 470 g/mol. The van der Waals surface area contributed by atoms with Crippen LogP contribution >= 0.6 is 11.6 Å². The first-order chi connectivity index (χ1) is 16.9. The molecule has 0 amide bonds. The van der Waals surface area contributed by atoms with Gasteiger partial charge in [0.05, 0.1) is 25.4 Å². The fourth-order valence-corrected chi connectivity index (χ4v) is 5.02. The van der Waals surface area contributed by atoms with Crippen LogP contribution in [0.15, 0.2) is 91.0 Å². The Bertz CT molecular complexity index is 1050. The van der Waals surface area contributed by atoms with Gasteiger partial charge in [-0.2, -0.15) is 8.78 Å². The van der Waals surface area contributed by atoms with Crippen molar-refractivity contribution in [3.8, 4) is 0 Å². The van der Waals surface area contributed by atoms with Crippen LogP contribution in [0.4, 0.5) is 8.78 Å². The molecule has 0 aromatic heterocycles. The molecule has 3 aromatic rings. The van der Waals surface area contributed by atoms with Gasteiger partial charge in [-0.05, 0) is 17.5 Å². The smallest absolute Gasteiger partial charge is 0.318 e. The molecule has 0 bridgehead atoms. The Morgan fingerprint density at radius 1 is 0.829 bits per heavy atom. The number of hydrogen-bond donors (Lipinski definition) is 0. The van der Waals surface area contributed by atoms with Crippen molar-refractivity contribution in [2.75, 3.05) is 0 Å². The molecule has 0 saturated carbocycles. The number of benzene rings is 3. The molecule has 35 heavy (non-hydrogen) atoms. The van der Waals surface area contributed by atoms with Gasteiger partial charge >= 0.3 is 5.92 Å². The standard InChI is InChI=1S/C29H31ClF2O3/c1-3-25-21(2)26(33-19-22-13-7-4-8-14-22)27(34-20-23-15-9-5-10-16-23)28(30,35-25)29(31,32)24-17-11-6-12-18-24/h4-18,21,25-27H,3,19-20H2,1-2H3/t21-,25-,26+,27-,28?/m1/s1. The van der Waals surface area contributed by atoms with E-state index >= 15 is 8.78 Å². The first-order valence-corrected chi connectivity index (χ1v) is 12.4. The summed E-state index contributed by atoms with van der Waals surface area (Å²) in [5, 5.41) is -2.46. The lowest BCUT2D eigenvalue weighted by atomic mass is 9.82.